The van der Waals surface area contributed by atoms with Gasteiger partial charge in [-0.05, 0) is 25.1 Å². The van der Waals surface area contributed by atoms with Gasteiger partial charge in [0, 0.05) is 16.8 Å². The molecule has 0 saturated carbocycles. The van der Waals surface area contributed by atoms with E-state index in [2.05, 4.69) is 4.98 Å². The maximum absolute atomic E-state index is 11.2. The van der Waals surface area contributed by atoms with Crippen LogP contribution in [0.3, 0.4) is 0 Å². The van der Waals surface area contributed by atoms with Crippen LogP contribution in [0.2, 0.25) is 0 Å². The van der Waals surface area contributed by atoms with E-state index < -0.39 is 5.97 Å². The zero-order valence-corrected chi connectivity index (χ0v) is 11.4. The lowest BCUT2D eigenvalue weighted by atomic mass is 10.2. The van der Waals surface area contributed by atoms with Crippen LogP contribution in [0.4, 0.5) is 0 Å². The van der Waals surface area contributed by atoms with Gasteiger partial charge in [-0.3, -0.25) is 4.98 Å². The molecule has 1 aromatic heterocycles. The number of benzene rings is 1. The van der Waals surface area contributed by atoms with E-state index in [4.69, 9.17) is 4.74 Å². The molecule has 0 unspecified atom stereocenters. The fourth-order valence-electron chi connectivity index (χ4n) is 1.60. The number of hydrogen-bond donors (Lipinski definition) is 1. The highest BCUT2D eigenvalue weighted by atomic mass is 32.2. The van der Waals surface area contributed by atoms with E-state index in [1.54, 1.807) is 13.2 Å². The summed E-state index contributed by atoms with van der Waals surface area (Å²) in [7, 11) is 1.59. The Morgan fingerprint density at radius 3 is 2.74 bits per heavy atom. The molecule has 0 amide bonds. The van der Waals surface area contributed by atoms with Crippen LogP contribution in [-0.4, -0.2) is 23.2 Å². The number of aromatic carboxylic acids is 1. The lowest BCUT2D eigenvalue weighted by molar-refractivity contribution is 0.0692. The van der Waals surface area contributed by atoms with E-state index in [0.717, 1.165) is 16.3 Å². The molecule has 1 aromatic carbocycles. The summed E-state index contributed by atoms with van der Waals surface area (Å²) in [6.07, 6.45) is 1.38. The summed E-state index contributed by atoms with van der Waals surface area (Å²) in [6, 6.07) is 9.26. The topological polar surface area (TPSA) is 59.4 Å². The number of rotatable bonds is 4. The molecule has 98 valence electrons. The van der Waals surface area contributed by atoms with Crippen LogP contribution in [0.1, 0.15) is 16.1 Å². The van der Waals surface area contributed by atoms with Crippen molar-refractivity contribution in [1.29, 1.82) is 0 Å². The van der Waals surface area contributed by atoms with Gasteiger partial charge in [-0.25, -0.2) is 4.79 Å². The highest BCUT2D eigenvalue weighted by Crippen LogP contribution is 2.36. The summed E-state index contributed by atoms with van der Waals surface area (Å²) in [5, 5.41) is 9.18. The van der Waals surface area contributed by atoms with Gasteiger partial charge in [0.2, 0.25) is 0 Å². The molecular formula is C14H13NO3S. The number of carbonyl (C=O) groups is 1. The Hall–Kier alpha value is -2.01. The van der Waals surface area contributed by atoms with Crippen LogP contribution < -0.4 is 4.74 Å². The molecule has 5 heteroatoms. The number of hydrogen-bond acceptors (Lipinski definition) is 4. The Kier molecular flexibility index (Phi) is 4.06. The Bertz CT molecular complexity index is 613. The molecule has 2 rings (SSSR count). The molecule has 1 heterocycles. The summed E-state index contributed by atoms with van der Waals surface area (Å²) >= 11 is 1.36. The summed E-state index contributed by atoms with van der Waals surface area (Å²) in [5.74, 6) is -0.261. The number of ether oxygens (including phenoxy) is 1. The Labute approximate surface area is 115 Å². The number of aryl methyl sites for hydroxylation is 1. The molecule has 19 heavy (non-hydrogen) atoms. The predicted octanol–water partition coefficient (Wildman–Crippen LogP) is 3.25. The number of para-hydroxylation sites is 1. The van der Waals surface area contributed by atoms with Gasteiger partial charge in [0.05, 0.1) is 17.6 Å². The van der Waals surface area contributed by atoms with E-state index in [1.807, 2.05) is 31.2 Å². The molecule has 0 saturated heterocycles. The Morgan fingerprint density at radius 2 is 2.05 bits per heavy atom. The fraction of sp³-hybridized carbons (Fsp3) is 0.143. The van der Waals surface area contributed by atoms with Crippen LogP contribution >= 0.6 is 11.8 Å². The molecule has 0 spiro atoms. The van der Waals surface area contributed by atoms with Crippen molar-refractivity contribution >= 4 is 17.7 Å². The molecule has 2 aromatic rings. The van der Waals surface area contributed by atoms with Gasteiger partial charge >= 0.3 is 5.97 Å². The number of methoxy groups -OCH3 is 1. The van der Waals surface area contributed by atoms with Gasteiger partial charge in [-0.1, -0.05) is 23.9 Å². The first-order chi connectivity index (χ1) is 9.11. The normalized spacial score (nSPS) is 10.2. The number of aromatic nitrogens is 1. The van der Waals surface area contributed by atoms with Crippen LogP contribution in [0.15, 0.2) is 46.3 Å². The Morgan fingerprint density at radius 1 is 1.32 bits per heavy atom. The monoisotopic (exact) mass is 275 g/mol. The molecule has 0 aliphatic carbocycles. The molecule has 0 radical (unpaired) electrons. The molecule has 0 bridgehead atoms. The van der Waals surface area contributed by atoms with E-state index in [9.17, 15) is 9.90 Å². The zero-order chi connectivity index (χ0) is 13.8. The first kappa shape index (κ1) is 13.4. The van der Waals surface area contributed by atoms with E-state index in [0.29, 0.717) is 4.90 Å². The van der Waals surface area contributed by atoms with Gasteiger partial charge in [0.15, 0.2) is 0 Å². The van der Waals surface area contributed by atoms with Crippen molar-refractivity contribution in [2.45, 2.75) is 16.7 Å². The zero-order valence-electron chi connectivity index (χ0n) is 10.6. The third kappa shape index (κ3) is 3.06. The van der Waals surface area contributed by atoms with Crippen molar-refractivity contribution in [2.24, 2.45) is 0 Å². The number of pyridine rings is 1. The van der Waals surface area contributed by atoms with Crippen molar-refractivity contribution in [3.05, 3.63) is 47.8 Å². The van der Waals surface area contributed by atoms with Crippen LogP contribution in [0, 0.1) is 6.92 Å². The van der Waals surface area contributed by atoms with Crippen LogP contribution in [0.25, 0.3) is 0 Å². The van der Waals surface area contributed by atoms with Crippen molar-refractivity contribution in [1.82, 2.24) is 4.98 Å². The van der Waals surface area contributed by atoms with Gasteiger partial charge in [-0.15, -0.1) is 0 Å². The predicted molar refractivity (Wildman–Crippen MR) is 73.1 cm³/mol. The quantitative estimate of drug-likeness (QED) is 0.928. The maximum Gasteiger partial charge on any atom is 0.338 e. The summed E-state index contributed by atoms with van der Waals surface area (Å²) in [4.78, 5) is 16.7. The van der Waals surface area contributed by atoms with Crippen LogP contribution in [0.5, 0.6) is 5.75 Å². The lowest BCUT2D eigenvalue weighted by Crippen LogP contribution is -2.01. The first-order valence-electron chi connectivity index (χ1n) is 5.62. The molecule has 4 nitrogen and oxygen atoms in total. The standard InChI is InChI=1S/C14H13NO3S/c1-9-7-13(10(8-15-9)14(16)17)19-12-6-4-3-5-11(12)18-2/h3-8H,1-2H3,(H,16,17). The highest BCUT2D eigenvalue weighted by Gasteiger charge is 2.14. The average Bonchev–Trinajstić information content (AvgIpc) is 2.39. The summed E-state index contributed by atoms with van der Waals surface area (Å²) in [5.41, 5.74) is 0.976. The minimum Gasteiger partial charge on any atom is -0.496 e. The van der Waals surface area contributed by atoms with Crippen molar-refractivity contribution in [3.63, 3.8) is 0 Å². The Balaban J connectivity index is 2.42. The maximum atomic E-state index is 11.2. The van der Waals surface area contributed by atoms with E-state index >= 15 is 0 Å². The van der Waals surface area contributed by atoms with E-state index in [1.165, 1.54) is 18.0 Å². The van der Waals surface area contributed by atoms with Gasteiger partial charge < -0.3 is 9.84 Å². The van der Waals surface area contributed by atoms with Crippen molar-refractivity contribution in [3.8, 4) is 5.75 Å². The summed E-state index contributed by atoms with van der Waals surface area (Å²) in [6.45, 7) is 1.83. The number of carboxylic acids is 1. The molecule has 0 aliphatic rings. The summed E-state index contributed by atoms with van der Waals surface area (Å²) < 4.78 is 5.26. The third-order valence-electron chi connectivity index (χ3n) is 2.52. The van der Waals surface area contributed by atoms with Gasteiger partial charge in [0.25, 0.3) is 0 Å². The molecule has 1 N–H and O–H groups in total. The molecule has 0 aliphatic heterocycles. The third-order valence-corrected chi connectivity index (χ3v) is 3.64. The highest BCUT2D eigenvalue weighted by molar-refractivity contribution is 7.99. The second-order valence-corrected chi connectivity index (χ2v) is 4.96. The van der Waals surface area contributed by atoms with Crippen molar-refractivity contribution < 1.29 is 14.6 Å². The minimum absolute atomic E-state index is 0.196. The van der Waals surface area contributed by atoms with Crippen molar-refractivity contribution in [2.75, 3.05) is 7.11 Å². The van der Waals surface area contributed by atoms with Gasteiger partial charge in [0.1, 0.15) is 5.75 Å². The molecular weight excluding hydrogens is 262 g/mol. The smallest absolute Gasteiger partial charge is 0.338 e. The minimum atomic E-state index is -0.982. The SMILES string of the molecule is COc1ccccc1Sc1cc(C)ncc1C(=O)O. The first-order valence-corrected chi connectivity index (χ1v) is 6.44. The van der Waals surface area contributed by atoms with E-state index in [-0.39, 0.29) is 5.56 Å². The number of carboxylic acid groups (broad SMARTS) is 1. The average molecular weight is 275 g/mol. The second-order valence-electron chi connectivity index (χ2n) is 3.88. The fourth-order valence-corrected chi connectivity index (χ4v) is 2.72. The molecule has 0 fully saturated rings. The largest absolute Gasteiger partial charge is 0.496 e. The van der Waals surface area contributed by atoms with Crippen LogP contribution in [-0.2, 0) is 0 Å². The lowest BCUT2D eigenvalue weighted by Gasteiger charge is -2.09. The second kappa shape index (κ2) is 5.75. The number of nitrogens with zero attached hydrogens (tertiary/aromatic N) is 1. The molecule has 0 atom stereocenters. The van der Waals surface area contributed by atoms with Gasteiger partial charge in [-0.2, -0.15) is 0 Å².